The molecule has 0 saturated heterocycles. The molecule has 0 spiro atoms. The lowest BCUT2D eigenvalue weighted by Crippen LogP contribution is -2.58. The first-order valence-corrected chi connectivity index (χ1v) is 8.51. The number of amides is 3. The van der Waals surface area contributed by atoms with Gasteiger partial charge in [-0.3, -0.25) is 19.2 Å². The van der Waals surface area contributed by atoms with Crippen LogP contribution in [0.5, 0.6) is 0 Å². The van der Waals surface area contributed by atoms with Gasteiger partial charge in [0.2, 0.25) is 17.7 Å². The molecule has 0 heterocycles. The van der Waals surface area contributed by atoms with Gasteiger partial charge in [-0.15, -0.1) is 0 Å². The number of hydrogen-bond donors (Lipinski definition) is 6. The van der Waals surface area contributed by atoms with Gasteiger partial charge in [-0.2, -0.15) is 0 Å². The van der Waals surface area contributed by atoms with Crippen LogP contribution >= 0.6 is 0 Å². The second kappa shape index (κ2) is 11.1. The molecular formula is C16H28N4O7. The van der Waals surface area contributed by atoms with Gasteiger partial charge < -0.3 is 31.9 Å². The number of hydrogen-bond acceptors (Lipinski definition) is 6. The second-order valence-electron chi connectivity index (χ2n) is 6.39. The number of rotatable bonds is 11. The lowest BCUT2D eigenvalue weighted by atomic mass is 9.97. The molecule has 0 bridgehead atoms. The third-order valence-corrected chi connectivity index (χ3v) is 3.95. The number of carboxylic acids is 2. The van der Waals surface area contributed by atoms with E-state index in [0.29, 0.717) is 6.42 Å². The van der Waals surface area contributed by atoms with Crippen LogP contribution in [0.25, 0.3) is 0 Å². The van der Waals surface area contributed by atoms with Crippen molar-refractivity contribution in [1.82, 2.24) is 16.0 Å². The molecule has 0 aromatic rings. The largest absolute Gasteiger partial charge is 0.481 e. The van der Waals surface area contributed by atoms with Gasteiger partial charge in [0.05, 0.1) is 12.5 Å². The Hall–Kier alpha value is -2.69. The van der Waals surface area contributed by atoms with E-state index in [9.17, 15) is 24.0 Å². The van der Waals surface area contributed by atoms with Gasteiger partial charge in [0, 0.05) is 0 Å². The average molecular weight is 388 g/mol. The molecule has 0 aromatic carbocycles. The highest BCUT2D eigenvalue weighted by Crippen LogP contribution is 2.09. The smallest absolute Gasteiger partial charge is 0.326 e. The van der Waals surface area contributed by atoms with E-state index >= 15 is 0 Å². The average Bonchev–Trinajstić information content (AvgIpc) is 2.57. The fourth-order valence-corrected chi connectivity index (χ4v) is 2.03. The van der Waals surface area contributed by atoms with E-state index in [0.717, 1.165) is 0 Å². The summed E-state index contributed by atoms with van der Waals surface area (Å²) in [5, 5.41) is 24.8. The van der Waals surface area contributed by atoms with E-state index in [1.807, 2.05) is 0 Å². The van der Waals surface area contributed by atoms with E-state index in [1.54, 1.807) is 13.8 Å². The number of carbonyl (C=O) groups is 5. The molecule has 154 valence electrons. The summed E-state index contributed by atoms with van der Waals surface area (Å²) < 4.78 is 0. The molecule has 0 aliphatic heterocycles. The second-order valence-corrected chi connectivity index (χ2v) is 6.39. The van der Waals surface area contributed by atoms with E-state index in [4.69, 9.17) is 15.9 Å². The molecule has 0 radical (unpaired) electrons. The number of nitrogens with two attached hydrogens (primary N) is 1. The molecule has 0 aliphatic carbocycles. The van der Waals surface area contributed by atoms with E-state index in [2.05, 4.69) is 16.0 Å². The minimum absolute atomic E-state index is 0.371. The standard InChI is InChI=1S/C16H28N4O7/c1-5-7(2)12(15(25)19-10(16(26)27)6-11(21)22)20-14(24)9(4)18-13(23)8(3)17/h7-10,12H,5-6,17H2,1-4H3,(H,18,23)(H,19,25)(H,20,24)(H,21,22)(H,26,27). The Bertz CT molecular complexity index is 579. The molecule has 11 heteroatoms. The maximum absolute atomic E-state index is 12.4. The van der Waals surface area contributed by atoms with E-state index in [-0.39, 0.29) is 5.92 Å². The first-order valence-electron chi connectivity index (χ1n) is 8.51. The highest BCUT2D eigenvalue weighted by Gasteiger charge is 2.32. The SMILES string of the molecule is CCC(C)C(NC(=O)C(C)NC(=O)C(C)N)C(=O)NC(CC(=O)O)C(=O)O. The maximum Gasteiger partial charge on any atom is 0.326 e. The number of carbonyl (C=O) groups excluding carboxylic acids is 3. The molecule has 11 nitrogen and oxygen atoms in total. The summed E-state index contributed by atoms with van der Waals surface area (Å²) in [7, 11) is 0. The van der Waals surface area contributed by atoms with Gasteiger partial charge in [0.15, 0.2) is 0 Å². The topological polar surface area (TPSA) is 188 Å². The molecule has 0 rings (SSSR count). The minimum atomic E-state index is -1.63. The molecule has 0 saturated carbocycles. The van der Waals surface area contributed by atoms with Crippen molar-refractivity contribution < 1.29 is 34.2 Å². The number of carboxylic acid groups (broad SMARTS) is 2. The van der Waals surface area contributed by atoms with Crippen LogP contribution in [0.2, 0.25) is 0 Å². The van der Waals surface area contributed by atoms with Crippen molar-refractivity contribution in [2.24, 2.45) is 11.7 Å². The lowest BCUT2D eigenvalue weighted by Gasteiger charge is -2.26. The van der Waals surface area contributed by atoms with Crippen LogP contribution in [0.4, 0.5) is 0 Å². The van der Waals surface area contributed by atoms with Crippen molar-refractivity contribution in [1.29, 1.82) is 0 Å². The zero-order chi connectivity index (χ0) is 21.3. The van der Waals surface area contributed by atoms with Gasteiger partial charge in [0.1, 0.15) is 18.1 Å². The molecule has 0 aromatic heterocycles. The third-order valence-electron chi connectivity index (χ3n) is 3.95. The summed E-state index contributed by atoms with van der Waals surface area (Å²) in [4.78, 5) is 58.2. The van der Waals surface area contributed by atoms with Gasteiger partial charge in [-0.1, -0.05) is 20.3 Å². The van der Waals surface area contributed by atoms with Crippen LogP contribution in [-0.4, -0.2) is 64.0 Å². The van der Waals surface area contributed by atoms with Crippen molar-refractivity contribution >= 4 is 29.7 Å². The highest BCUT2D eigenvalue weighted by molar-refractivity contribution is 5.94. The van der Waals surface area contributed by atoms with E-state index in [1.165, 1.54) is 13.8 Å². The highest BCUT2D eigenvalue weighted by atomic mass is 16.4. The quantitative estimate of drug-likeness (QED) is 0.244. The van der Waals surface area contributed by atoms with Crippen LogP contribution in [0.3, 0.4) is 0 Å². The molecule has 0 aliphatic rings. The summed E-state index contributed by atoms with van der Waals surface area (Å²) in [5.41, 5.74) is 5.42. The van der Waals surface area contributed by atoms with Crippen molar-refractivity contribution in [3.8, 4) is 0 Å². The number of nitrogens with one attached hydrogen (secondary N) is 3. The molecule has 3 amide bonds. The first-order chi connectivity index (χ1) is 12.4. The van der Waals surface area contributed by atoms with Gasteiger partial charge >= 0.3 is 11.9 Å². The Labute approximate surface area is 157 Å². The zero-order valence-corrected chi connectivity index (χ0v) is 15.8. The van der Waals surface area contributed by atoms with Crippen LogP contribution < -0.4 is 21.7 Å². The Kier molecular flexibility index (Phi) is 10.0. The molecule has 7 N–H and O–H groups in total. The first kappa shape index (κ1) is 24.3. The van der Waals surface area contributed by atoms with Gasteiger partial charge in [0.25, 0.3) is 0 Å². The predicted molar refractivity (Wildman–Crippen MR) is 94.5 cm³/mol. The Morgan fingerprint density at radius 1 is 0.889 bits per heavy atom. The molecule has 27 heavy (non-hydrogen) atoms. The molecular weight excluding hydrogens is 360 g/mol. The maximum atomic E-state index is 12.4. The Balaban J connectivity index is 5.18. The van der Waals surface area contributed by atoms with Crippen LogP contribution in [0.1, 0.15) is 40.5 Å². The van der Waals surface area contributed by atoms with Crippen LogP contribution in [0, 0.1) is 5.92 Å². The molecule has 5 unspecified atom stereocenters. The van der Waals surface area contributed by atoms with Crippen molar-refractivity contribution in [2.75, 3.05) is 0 Å². The fraction of sp³-hybridized carbons (Fsp3) is 0.688. The van der Waals surface area contributed by atoms with Crippen LogP contribution in [0.15, 0.2) is 0 Å². The summed E-state index contributed by atoms with van der Waals surface area (Å²) in [6.07, 6.45) is -0.321. The number of aliphatic carboxylic acids is 2. The summed E-state index contributed by atoms with van der Waals surface area (Å²) in [6.45, 7) is 6.29. The van der Waals surface area contributed by atoms with Crippen LogP contribution in [-0.2, 0) is 24.0 Å². The van der Waals surface area contributed by atoms with Gasteiger partial charge in [-0.05, 0) is 19.8 Å². The van der Waals surface area contributed by atoms with Crippen molar-refractivity contribution in [2.45, 2.75) is 64.7 Å². The molecule has 5 atom stereocenters. The zero-order valence-electron chi connectivity index (χ0n) is 15.8. The van der Waals surface area contributed by atoms with Gasteiger partial charge in [-0.25, -0.2) is 4.79 Å². The van der Waals surface area contributed by atoms with Crippen molar-refractivity contribution in [3.05, 3.63) is 0 Å². The Morgan fingerprint density at radius 2 is 1.44 bits per heavy atom. The lowest BCUT2D eigenvalue weighted by molar-refractivity contribution is -0.147. The normalized spacial score (nSPS) is 16.2. The predicted octanol–water partition coefficient (Wildman–Crippen LogP) is -1.59. The minimum Gasteiger partial charge on any atom is -0.481 e. The fourth-order valence-electron chi connectivity index (χ4n) is 2.03. The molecule has 0 fully saturated rings. The summed E-state index contributed by atoms with van der Waals surface area (Å²) >= 11 is 0. The summed E-state index contributed by atoms with van der Waals surface area (Å²) in [6, 6.07) is -4.53. The van der Waals surface area contributed by atoms with E-state index < -0.39 is 60.2 Å². The third kappa shape index (κ3) is 8.49. The monoisotopic (exact) mass is 388 g/mol. The Morgan fingerprint density at radius 3 is 1.85 bits per heavy atom. The summed E-state index contributed by atoms with van der Waals surface area (Å²) in [5.74, 6) is -5.29. The van der Waals surface area contributed by atoms with Crippen molar-refractivity contribution in [3.63, 3.8) is 0 Å².